The Hall–Kier alpha value is 0.830. The molecule has 0 spiro atoms. The van der Waals surface area contributed by atoms with Crippen molar-refractivity contribution in [2.45, 2.75) is 6.92 Å². The van der Waals surface area contributed by atoms with Crippen LogP contribution in [0.2, 0.25) is 0 Å². The van der Waals surface area contributed by atoms with Crippen molar-refractivity contribution in [2.75, 3.05) is 0 Å². The van der Waals surface area contributed by atoms with E-state index in [2.05, 4.69) is 0 Å². The van der Waals surface area contributed by atoms with E-state index in [-0.39, 0.29) is 29.6 Å². The van der Waals surface area contributed by atoms with Crippen molar-refractivity contribution in [1.29, 1.82) is 0 Å². The van der Waals surface area contributed by atoms with Gasteiger partial charge in [-0.2, -0.15) is 15.3 Å². The molecular formula is C2H8NNaO4S. The zero-order valence-corrected chi connectivity index (χ0v) is 8.09. The summed E-state index contributed by atoms with van der Waals surface area (Å²) in [4.78, 5) is 0. The Balaban J connectivity index is -0.0000000800. The van der Waals surface area contributed by atoms with Crippen LogP contribution in [0.4, 0.5) is 0 Å². The summed E-state index contributed by atoms with van der Waals surface area (Å²) in [5.74, 6) is 0. The van der Waals surface area contributed by atoms with Crippen molar-refractivity contribution in [2.24, 2.45) is 5.73 Å². The van der Waals surface area contributed by atoms with Gasteiger partial charge in [0.15, 0.2) is 0 Å². The number of hydrogen-bond donors (Lipinski definition) is 3. The van der Waals surface area contributed by atoms with Gasteiger partial charge in [0, 0.05) is 0 Å². The molecule has 0 aliphatic carbocycles. The van der Waals surface area contributed by atoms with Crippen LogP contribution in [0.3, 0.4) is 0 Å². The molecule has 0 aliphatic rings. The first-order chi connectivity index (χ1) is 3.41. The van der Waals surface area contributed by atoms with E-state index >= 15 is 0 Å². The van der Waals surface area contributed by atoms with Gasteiger partial charge in [-0.25, -0.2) is 0 Å². The monoisotopic (exact) mass is 165 g/mol. The van der Waals surface area contributed by atoms with Gasteiger partial charge in [0.25, 0.3) is 0 Å². The summed E-state index contributed by atoms with van der Waals surface area (Å²) in [5.41, 5.74) is 4.72. The van der Waals surface area contributed by atoms with Gasteiger partial charge in [0.2, 0.25) is 0 Å². The normalized spacial score (nSPS) is 8.44. The van der Waals surface area contributed by atoms with Gasteiger partial charge < -0.3 is 5.73 Å². The summed E-state index contributed by atoms with van der Waals surface area (Å²) >= 11 is 0. The number of hydrogen-bond acceptors (Lipinski definition) is 3. The Labute approximate surface area is 76.5 Å². The van der Waals surface area contributed by atoms with Crippen molar-refractivity contribution in [1.82, 2.24) is 0 Å². The summed E-state index contributed by atoms with van der Waals surface area (Å²) in [6.07, 6.45) is 0. The van der Waals surface area contributed by atoms with E-state index in [0.717, 1.165) is 0 Å². The molecule has 0 saturated heterocycles. The molecule has 7 heteroatoms. The minimum Gasteiger partial charge on any atom is -0.484 e. The van der Waals surface area contributed by atoms with Crippen LogP contribution in [-0.2, 0) is 10.4 Å². The summed E-state index contributed by atoms with van der Waals surface area (Å²) < 4.78 is 31.6. The SMILES string of the molecule is C[CH-]N.O=S(=O)(O)O.[Na+]. The van der Waals surface area contributed by atoms with E-state index in [4.69, 9.17) is 23.3 Å². The fourth-order valence-corrected chi connectivity index (χ4v) is 0. The summed E-state index contributed by atoms with van der Waals surface area (Å²) in [7, 11) is -4.67. The predicted octanol–water partition coefficient (Wildman–Crippen LogP) is -3.52. The Morgan fingerprint density at radius 3 is 1.44 bits per heavy atom. The average Bonchev–Trinajstić information content (AvgIpc) is 1.27. The maximum absolute atomic E-state index is 8.74. The van der Waals surface area contributed by atoms with Crippen LogP contribution in [0.15, 0.2) is 0 Å². The fraction of sp³-hybridized carbons (Fsp3) is 0.500. The number of nitrogens with two attached hydrogens (primary N) is 1. The van der Waals surface area contributed by atoms with Gasteiger partial charge in [-0.15, -0.1) is 0 Å². The summed E-state index contributed by atoms with van der Waals surface area (Å²) in [6, 6.07) is 0. The molecule has 0 heterocycles. The first-order valence-corrected chi connectivity index (χ1v) is 3.01. The van der Waals surface area contributed by atoms with E-state index in [1.54, 1.807) is 6.92 Å². The summed E-state index contributed by atoms with van der Waals surface area (Å²) in [5, 5.41) is 0. The molecule has 4 N–H and O–H groups in total. The van der Waals surface area contributed by atoms with Crippen LogP contribution >= 0.6 is 0 Å². The molecule has 9 heavy (non-hydrogen) atoms. The van der Waals surface area contributed by atoms with Crippen LogP contribution in [0.25, 0.3) is 0 Å². The quantitative estimate of drug-likeness (QED) is 0.196. The first kappa shape index (κ1) is 16.4. The minimum atomic E-state index is -4.67. The summed E-state index contributed by atoms with van der Waals surface area (Å²) in [6.45, 7) is 3.28. The van der Waals surface area contributed by atoms with Gasteiger partial charge >= 0.3 is 40.0 Å². The van der Waals surface area contributed by atoms with E-state index < -0.39 is 10.4 Å². The van der Waals surface area contributed by atoms with Crippen LogP contribution in [-0.4, -0.2) is 17.5 Å². The second-order valence-corrected chi connectivity index (χ2v) is 1.68. The second-order valence-electron chi connectivity index (χ2n) is 0.781. The molecule has 0 fully saturated rings. The van der Waals surface area contributed by atoms with Crippen LogP contribution in [0.5, 0.6) is 0 Å². The Kier molecular flexibility index (Phi) is 16.1. The first-order valence-electron chi connectivity index (χ1n) is 1.61. The van der Waals surface area contributed by atoms with Gasteiger partial charge in [-0.05, 0) is 0 Å². The van der Waals surface area contributed by atoms with Crippen molar-refractivity contribution < 1.29 is 47.1 Å². The van der Waals surface area contributed by atoms with E-state index in [0.29, 0.717) is 0 Å². The van der Waals surface area contributed by atoms with Crippen molar-refractivity contribution in [3.8, 4) is 0 Å². The third kappa shape index (κ3) is 598. The standard InChI is InChI=1S/C2H6N.Na.H2O4S/c1-2-3;;1-5(2,3)4/h2H,3H2,1H3;;(H2,1,2,3,4)/q-1;+1;. The maximum Gasteiger partial charge on any atom is 1.00 e. The molecule has 0 saturated carbocycles. The average molecular weight is 165 g/mol. The smallest absolute Gasteiger partial charge is 0.484 e. The molecule has 0 radical (unpaired) electrons. The van der Waals surface area contributed by atoms with Gasteiger partial charge in [-0.1, -0.05) is 0 Å². The zero-order valence-electron chi connectivity index (χ0n) is 5.27. The Morgan fingerprint density at radius 1 is 1.44 bits per heavy atom. The van der Waals surface area contributed by atoms with E-state index in [1.807, 2.05) is 0 Å². The second kappa shape index (κ2) is 8.83. The third-order valence-corrected chi connectivity index (χ3v) is 0. The van der Waals surface area contributed by atoms with Crippen LogP contribution in [0.1, 0.15) is 6.92 Å². The Morgan fingerprint density at radius 2 is 1.44 bits per heavy atom. The maximum atomic E-state index is 8.74. The Bertz CT molecular complexity index is 113. The molecule has 0 aromatic carbocycles. The van der Waals surface area contributed by atoms with Crippen molar-refractivity contribution in [3.05, 3.63) is 6.54 Å². The van der Waals surface area contributed by atoms with E-state index in [9.17, 15) is 0 Å². The molecule has 0 atom stereocenters. The predicted molar refractivity (Wildman–Crippen MR) is 28.3 cm³/mol. The molecular weight excluding hydrogens is 157 g/mol. The largest absolute Gasteiger partial charge is 1.00 e. The molecule has 52 valence electrons. The molecule has 0 aromatic heterocycles. The molecule has 0 bridgehead atoms. The molecule has 0 unspecified atom stereocenters. The van der Waals surface area contributed by atoms with Gasteiger partial charge in [0.05, 0.1) is 0 Å². The minimum absolute atomic E-state index is 0. The third-order valence-electron chi connectivity index (χ3n) is 0. The molecule has 5 nitrogen and oxygen atoms in total. The van der Waals surface area contributed by atoms with Gasteiger partial charge in [0.1, 0.15) is 0 Å². The van der Waals surface area contributed by atoms with Gasteiger partial charge in [-0.3, -0.25) is 15.7 Å². The van der Waals surface area contributed by atoms with Crippen LogP contribution in [0, 0.1) is 6.54 Å². The topological polar surface area (TPSA) is 101 Å². The molecule has 0 aliphatic heterocycles. The molecule has 0 aromatic rings. The van der Waals surface area contributed by atoms with Crippen LogP contribution < -0.4 is 35.3 Å². The fourth-order valence-electron chi connectivity index (χ4n) is 0. The van der Waals surface area contributed by atoms with E-state index in [1.165, 1.54) is 6.54 Å². The zero-order chi connectivity index (χ0) is 7.21. The number of rotatable bonds is 0. The van der Waals surface area contributed by atoms with Crippen molar-refractivity contribution >= 4 is 10.4 Å². The molecule has 0 amide bonds. The van der Waals surface area contributed by atoms with Crippen molar-refractivity contribution in [3.63, 3.8) is 0 Å². The molecule has 0 rings (SSSR count).